The quantitative estimate of drug-likeness (QED) is 0.658. The number of amides is 1. The molecule has 0 fully saturated rings. The van der Waals surface area contributed by atoms with E-state index in [9.17, 15) is 9.18 Å². The van der Waals surface area contributed by atoms with Gasteiger partial charge in [-0.25, -0.2) is 4.39 Å². The maximum atomic E-state index is 13.0. The molecule has 1 atom stereocenters. The molecule has 0 aliphatic heterocycles. The number of pyridine rings is 1. The van der Waals surface area contributed by atoms with Crippen LogP contribution in [0.5, 0.6) is 0 Å². The van der Waals surface area contributed by atoms with E-state index >= 15 is 0 Å². The Morgan fingerprint density at radius 1 is 1.19 bits per heavy atom. The fourth-order valence-corrected chi connectivity index (χ4v) is 3.08. The van der Waals surface area contributed by atoms with Crippen LogP contribution in [0, 0.1) is 11.7 Å². The van der Waals surface area contributed by atoms with Gasteiger partial charge in [0.05, 0.1) is 10.8 Å². The van der Waals surface area contributed by atoms with Crippen molar-refractivity contribution in [2.24, 2.45) is 5.92 Å². The molecule has 26 heavy (non-hydrogen) atoms. The lowest BCUT2D eigenvalue weighted by Crippen LogP contribution is -2.29. The number of benzene rings is 1. The van der Waals surface area contributed by atoms with Crippen LogP contribution >= 0.6 is 11.8 Å². The Morgan fingerprint density at radius 3 is 2.62 bits per heavy atom. The Bertz CT molecular complexity index is 868. The number of aromatic nitrogens is 3. The largest absolute Gasteiger partial charge is 0.411 e. The summed E-state index contributed by atoms with van der Waals surface area (Å²) in [6, 6.07) is 9.22. The molecule has 3 rings (SSSR count). The molecular formula is C18H17FN4O2S. The van der Waals surface area contributed by atoms with E-state index in [-0.39, 0.29) is 17.6 Å². The first-order chi connectivity index (χ1) is 12.5. The lowest BCUT2D eigenvalue weighted by molar-refractivity contribution is -0.116. The van der Waals surface area contributed by atoms with Crippen LogP contribution in [0.1, 0.15) is 13.8 Å². The van der Waals surface area contributed by atoms with Crippen LogP contribution in [0.4, 0.5) is 10.1 Å². The van der Waals surface area contributed by atoms with Crippen LogP contribution in [-0.2, 0) is 4.79 Å². The van der Waals surface area contributed by atoms with Crippen molar-refractivity contribution in [3.63, 3.8) is 0 Å². The van der Waals surface area contributed by atoms with Gasteiger partial charge in [0.1, 0.15) is 5.82 Å². The summed E-state index contributed by atoms with van der Waals surface area (Å²) in [5.41, 5.74) is 1.24. The van der Waals surface area contributed by atoms with Crippen molar-refractivity contribution >= 4 is 23.4 Å². The van der Waals surface area contributed by atoms with Gasteiger partial charge in [-0.1, -0.05) is 25.6 Å². The Labute approximate surface area is 154 Å². The predicted octanol–water partition coefficient (Wildman–Crippen LogP) is 4.03. The second-order valence-corrected chi connectivity index (χ2v) is 6.99. The van der Waals surface area contributed by atoms with E-state index in [2.05, 4.69) is 20.5 Å². The zero-order chi connectivity index (χ0) is 18.5. The highest BCUT2D eigenvalue weighted by atomic mass is 32.2. The Balaban J connectivity index is 1.71. The average molecular weight is 372 g/mol. The number of halogens is 1. The molecule has 134 valence electrons. The van der Waals surface area contributed by atoms with Crippen molar-refractivity contribution in [3.8, 4) is 11.5 Å². The van der Waals surface area contributed by atoms with Crippen LogP contribution in [-0.4, -0.2) is 26.3 Å². The highest BCUT2D eigenvalue weighted by molar-refractivity contribution is 8.00. The second kappa shape index (κ2) is 8.09. The molecule has 1 aromatic carbocycles. The summed E-state index contributed by atoms with van der Waals surface area (Å²) in [5.74, 6) is -0.194. The van der Waals surface area contributed by atoms with E-state index in [1.807, 2.05) is 19.9 Å². The number of hydrogen-bond acceptors (Lipinski definition) is 6. The summed E-state index contributed by atoms with van der Waals surface area (Å²) in [5, 5.41) is 10.6. The summed E-state index contributed by atoms with van der Waals surface area (Å²) in [4.78, 5) is 16.6. The molecule has 8 heteroatoms. The second-order valence-electron chi connectivity index (χ2n) is 5.89. The molecule has 0 saturated heterocycles. The van der Waals surface area contributed by atoms with Crippen LogP contribution in [0.25, 0.3) is 11.5 Å². The molecule has 0 saturated carbocycles. The standard InChI is InChI=1S/C18H17FN4O2S/c1-11(2)15(16(24)21-14-7-5-13(19)6-8-14)26-18-23-22-17(25-18)12-4-3-9-20-10-12/h3-11,15H,1-2H3,(H,21,24)/t15-/m1/s1. The van der Waals surface area contributed by atoms with Gasteiger partial charge in [-0.2, -0.15) is 0 Å². The van der Waals surface area contributed by atoms with Crippen molar-refractivity contribution in [3.05, 3.63) is 54.6 Å². The van der Waals surface area contributed by atoms with E-state index in [0.29, 0.717) is 22.4 Å². The zero-order valence-electron chi connectivity index (χ0n) is 14.2. The van der Waals surface area contributed by atoms with Gasteiger partial charge in [-0.15, -0.1) is 10.2 Å². The molecule has 0 radical (unpaired) electrons. The molecule has 2 aromatic heterocycles. The van der Waals surface area contributed by atoms with Crippen LogP contribution < -0.4 is 5.32 Å². The minimum Gasteiger partial charge on any atom is -0.411 e. The van der Waals surface area contributed by atoms with Crippen molar-refractivity contribution in [2.45, 2.75) is 24.3 Å². The normalized spacial score (nSPS) is 12.2. The molecule has 6 nitrogen and oxygen atoms in total. The van der Waals surface area contributed by atoms with Gasteiger partial charge in [0.25, 0.3) is 5.22 Å². The van der Waals surface area contributed by atoms with E-state index in [0.717, 1.165) is 0 Å². The minimum atomic E-state index is -0.442. The fourth-order valence-electron chi connectivity index (χ4n) is 2.21. The van der Waals surface area contributed by atoms with Crippen molar-refractivity contribution < 1.29 is 13.6 Å². The highest BCUT2D eigenvalue weighted by Crippen LogP contribution is 2.30. The van der Waals surface area contributed by atoms with Crippen molar-refractivity contribution in [1.29, 1.82) is 0 Å². The number of carbonyl (C=O) groups excluding carboxylic acids is 1. The zero-order valence-corrected chi connectivity index (χ0v) is 15.0. The Morgan fingerprint density at radius 2 is 1.96 bits per heavy atom. The maximum Gasteiger partial charge on any atom is 0.277 e. The molecule has 1 N–H and O–H groups in total. The lowest BCUT2D eigenvalue weighted by atomic mass is 10.1. The van der Waals surface area contributed by atoms with Gasteiger partial charge in [0, 0.05) is 18.1 Å². The van der Waals surface area contributed by atoms with Crippen LogP contribution in [0.2, 0.25) is 0 Å². The van der Waals surface area contributed by atoms with E-state index < -0.39 is 5.25 Å². The van der Waals surface area contributed by atoms with E-state index in [4.69, 9.17) is 4.42 Å². The molecule has 1 amide bonds. The first-order valence-electron chi connectivity index (χ1n) is 8.00. The number of rotatable bonds is 6. The molecule has 0 bridgehead atoms. The molecular weight excluding hydrogens is 355 g/mol. The first kappa shape index (κ1) is 18.1. The monoisotopic (exact) mass is 372 g/mol. The summed E-state index contributed by atoms with van der Waals surface area (Å²) in [6.07, 6.45) is 3.28. The number of hydrogen-bond donors (Lipinski definition) is 1. The molecule has 0 spiro atoms. The Kier molecular flexibility index (Phi) is 5.62. The number of nitrogens with one attached hydrogen (secondary N) is 1. The predicted molar refractivity (Wildman–Crippen MR) is 97.0 cm³/mol. The SMILES string of the molecule is CC(C)[C@@H](Sc1nnc(-c2cccnc2)o1)C(=O)Nc1ccc(F)cc1. The van der Waals surface area contributed by atoms with E-state index in [1.165, 1.54) is 36.0 Å². The lowest BCUT2D eigenvalue weighted by Gasteiger charge is -2.17. The molecule has 3 aromatic rings. The van der Waals surface area contributed by atoms with Crippen molar-refractivity contribution in [1.82, 2.24) is 15.2 Å². The van der Waals surface area contributed by atoms with Crippen molar-refractivity contribution in [2.75, 3.05) is 5.32 Å². The third-order valence-corrected chi connectivity index (χ3v) is 4.90. The molecule has 2 heterocycles. The first-order valence-corrected chi connectivity index (χ1v) is 8.88. The fraction of sp³-hybridized carbons (Fsp3) is 0.222. The third-order valence-electron chi connectivity index (χ3n) is 3.52. The number of thioether (sulfide) groups is 1. The van der Waals surface area contributed by atoms with Gasteiger partial charge >= 0.3 is 0 Å². The summed E-state index contributed by atoms with van der Waals surface area (Å²) < 4.78 is 18.6. The van der Waals surface area contributed by atoms with Gasteiger partial charge in [0.2, 0.25) is 11.8 Å². The molecule has 0 unspecified atom stereocenters. The Hall–Kier alpha value is -2.74. The van der Waals surface area contributed by atoms with Crippen LogP contribution in [0.3, 0.4) is 0 Å². The van der Waals surface area contributed by atoms with Gasteiger partial charge < -0.3 is 9.73 Å². The summed E-state index contributed by atoms with van der Waals surface area (Å²) >= 11 is 1.20. The third kappa shape index (κ3) is 4.45. The van der Waals surface area contributed by atoms with E-state index in [1.54, 1.807) is 18.5 Å². The highest BCUT2D eigenvalue weighted by Gasteiger charge is 2.26. The minimum absolute atomic E-state index is 0.0224. The van der Waals surface area contributed by atoms with Gasteiger partial charge in [-0.3, -0.25) is 9.78 Å². The van der Waals surface area contributed by atoms with Crippen LogP contribution in [0.15, 0.2) is 58.4 Å². The average Bonchev–Trinajstić information content (AvgIpc) is 3.11. The number of nitrogens with zero attached hydrogens (tertiary/aromatic N) is 3. The molecule has 0 aliphatic carbocycles. The molecule has 0 aliphatic rings. The summed E-state index contributed by atoms with van der Waals surface area (Å²) in [7, 11) is 0. The van der Waals surface area contributed by atoms with Gasteiger partial charge in [0.15, 0.2) is 0 Å². The summed E-state index contributed by atoms with van der Waals surface area (Å²) in [6.45, 7) is 3.86. The van der Waals surface area contributed by atoms with Gasteiger partial charge in [-0.05, 0) is 42.3 Å². The smallest absolute Gasteiger partial charge is 0.277 e. The topological polar surface area (TPSA) is 80.9 Å². The number of anilines is 1. The maximum absolute atomic E-state index is 13.0. The number of carbonyl (C=O) groups is 1.